The molecule has 10 heteroatoms. The predicted octanol–water partition coefficient (Wildman–Crippen LogP) is 1.18. The van der Waals surface area contributed by atoms with Crippen LogP contribution in [0.3, 0.4) is 0 Å². The molecule has 1 amide bonds. The number of rotatable bonds is 2. The Balaban J connectivity index is 2.24. The Kier molecular flexibility index (Phi) is 3.07. The zero-order chi connectivity index (χ0) is 14.0. The second kappa shape index (κ2) is 4.55. The number of hydrogen-bond acceptors (Lipinski definition) is 5. The number of anilines is 1. The first-order valence-electron chi connectivity index (χ1n) is 4.83. The van der Waals surface area contributed by atoms with E-state index < -0.39 is 23.4 Å². The van der Waals surface area contributed by atoms with Crippen molar-refractivity contribution in [3.8, 4) is 5.75 Å². The molecular formula is C9H6F3N5O2. The Morgan fingerprint density at radius 2 is 2.11 bits per heavy atom. The van der Waals surface area contributed by atoms with Gasteiger partial charge in [0.2, 0.25) is 0 Å². The van der Waals surface area contributed by atoms with Crippen molar-refractivity contribution >= 4 is 11.9 Å². The van der Waals surface area contributed by atoms with Gasteiger partial charge in [0, 0.05) is 0 Å². The van der Waals surface area contributed by atoms with E-state index in [1.807, 2.05) is 0 Å². The average molecular weight is 273 g/mol. The largest absolute Gasteiger partial charge is 0.507 e. The number of aromatic nitrogens is 4. The maximum Gasteiger partial charge on any atom is 0.416 e. The number of halogens is 3. The number of phenolic OH excluding ortho intramolecular Hbond substituents is 1. The summed E-state index contributed by atoms with van der Waals surface area (Å²) in [5.74, 6) is -1.81. The summed E-state index contributed by atoms with van der Waals surface area (Å²) in [6.45, 7) is 0. The number of aromatic amines is 1. The number of H-pyrrole nitrogens is 1. The highest BCUT2D eigenvalue weighted by Crippen LogP contribution is 2.32. The summed E-state index contributed by atoms with van der Waals surface area (Å²) < 4.78 is 37.1. The third-order valence-corrected chi connectivity index (χ3v) is 2.14. The van der Waals surface area contributed by atoms with E-state index in [9.17, 15) is 23.1 Å². The van der Waals surface area contributed by atoms with Crippen molar-refractivity contribution in [1.82, 2.24) is 20.6 Å². The second-order valence-corrected chi connectivity index (χ2v) is 3.42. The molecule has 1 aromatic carbocycles. The number of benzene rings is 1. The van der Waals surface area contributed by atoms with Gasteiger partial charge in [0.25, 0.3) is 11.9 Å². The van der Waals surface area contributed by atoms with Gasteiger partial charge in [0.1, 0.15) is 5.75 Å². The van der Waals surface area contributed by atoms with Gasteiger partial charge < -0.3 is 5.11 Å². The third kappa shape index (κ3) is 2.78. The van der Waals surface area contributed by atoms with Crippen molar-refractivity contribution in [2.75, 3.05) is 5.32 Å². The second-order valence-electron chi connectivity index (χ2n) is 3.42. The van der Waals surface area contributed by atoms with Gasteiger partial charge in [-0.2, -0.15) is 18.4 Å². The Labute approximate surface area is 103 Å². The highest BCUT2D eigenvalue weighted by molar-refractivity contribution is 6.05. The number of alkyl halides is 3. The van der Waals surface area contributed by atoms with E-state index in [1.165, 1.54) is 0 Å². The molecular weight excluding hydrogens is 267 g/mol. The van der Waals surface area contributed by atoms with Crippen molar-refractivity contribution in [1.29, 1.82) is 0 Å². The summed E-state index contributed by atoms with van der Waals surface area (Å²) in [4.78, 5) is 11.6. The molecule has 19 heavy (non-hydrogen) atoms. The van der Waals surface area contributed by atoms with Gasteiger partial charge in [0.15, 0.2) is 0 Å². The van der Waals surface area contributed by atoms with Crippen molar-refractivity contribution in [2.45, 2.75) is 6.18 Å². The van der Waals surface area contributed by atoms with E-state index >= 15 is 0 Å². The molecule has 0 saturated carbocycles. The first-order chi connectivity index (χ1) is 8.88. The van der Waals surface area contributed by atoms with Crippen LogP contribution in [-0.4, -0.2) is 31.6 Å². The van der Waals surface area contributed by atoms with Crippen LogP contribution >= 0.6 is 0 Å². The minimum absolute atomic E-state index is 0.163. The summed E-state index contributed by atoms with van der Waals surface area (Å²) in [6.07, 6.45) is -4.60. The van der Waals surface area contributed by atoms with Gasteiger partial charge >= 0.3 is 6.18 Å². The van der Waals surface area contributed by atoms with Gasteiger partial charge in [-0.05, 0) is 23.4 Å². The molecule has 0 spiro atoms. The fourth-order valence-electron chi connectivity index (χ4n) is 1.28. The lowest BCUT2D eigenvalue weighted by molar-refractivity contribution is -0.137. The zero-order valence-corrected chi connectivity index (χ0v) is 9.06. The first-order valence-corrected chi connectivity index (χ1v) is 4.83. The number of hydrogen-bond donors (Lipinski definition) is 3. The number of tetrazole rings is 1. The van der Waals surface area contributed by atoms with Gasteiger partial charge in [-0.15, -0.1) is 5.10 Å². The quantitative estimate of drug-likeness (QED) is 0.762. The number of phenols is 1. The Morgan fingerprint density at radius 1 is 1.37 bits per heavy atom. The summed E-state index contributed by atoms with van der Waals surface area (Å²) in [5, 5.41) is 23.7. The Bertz CT molecular complexity index is 596. The summed E-state index contributed by atoms with van der Waals surface area (Å²) >= 11 is 0. The third-order valence-electron chi connectivity index (χ3n) is 2.14. The number of nitrogens with zero attached hydrogens (tertiary/aromatic N) is 3. The molecule has 0 unspecified atom stereocenters. The van der Waals surface area contributed by atoms with E-state index in [0.29, 0.717) is 12.1 Å². The normalized spacial score (nSPS) is 11.3. The molecule has 3 N–H and O–H groups in total. The minimum Gasteiger partial charge on any atom is -0.507 e. The molecule has 1 aromatic heterocycles. The summed E-state index contributed by atoms with van der Waals surface area (Å²) in [5.41, 5.74) is -1.39. The SMILES string of the molecule is O=C(Nc1nn[nH]n1)c1ccc(C(F)(F)F)cc1O. The van der Waals surface area contributed by atoms with Crippen molar-refractivity contribution in [3.63, 3.8) is 0 Å². The minimum atomic E-state index is -4.60. The number of nitrogens with one attached hydrogen (secondary N) is 2. The highest BCUT2D eigenvalue weighted by atomic mass is 19.4. The van der Waals surface area contributed by atoms with Crippen LogP contribution in [-0.2, 0) is 6.18 Å². The van der Waals surface area contributed by atoms with Crippen LogP contribution in [0.4, 0.5) is 19.1 Å². The zero-order valence-electron chi connectivity index (χ0n) is 9.06. The molecule has 0 aliphatic heterocycles. The smallest absolute Gasteiger partial charge is 0.416 e. The summed E-state index contributed by atoms with van der Waals surface area (Å²) in [6, 6.07) is 2.00. The lowest BCUT2D eigenvalue weighted by Gasteiger charge is -2.09. The van der Waals surface area contributed by atoms with E-state index in [2.05, 4.69) is 25.9 Å². The van der Waals surface area contributed by atoms with E-state index in [-0.39, 0.29) is 11.5 Å². The van der Waals surface area contributed by atoms with Crippen LogP contribution in [0.15, 0.2) is 18.2 Å². The molecule has 0 atom stereocenters. The highest BCUT2D eigenvalue weighted by Gasteiger charge is 2.31. The number of carbonyl (C=O) groups excluding carboxylic acids is 1. The molecule has 1 heterocycles. The van der Waals surface area contributed by atoms with Crippen LogP contribution in [0.1, 0.15) is 15.9 Å². The van der Waals surface area contributed by atoms with Gasteiger partial charge in [-0.3, -0.25) is 10.1 Å². The Morgan fingerprint density at radius 3 is 2.63 bits per heavy atom. The lowest BCUT2D eigenvalue weighted by Crippen LogP contribution is -2.14. The molecule has 2 rings (SSSR count). The van der Waals surface area contributed by atoms with Crippen LogP contribution < -0.4 is 5.32 Å². The maximum absolute atomic E-state index is 12.4. The number of amides is 1. The number of carbonyl (C=O) groups is 1. The molecule has 0 radical (unpaired) electrons. The molecule has 0 bridgehead atoms. The first kappa shape index (κ1) is 12.8. The van der Waals surface area contributed by atoms with E-state index in [4.69, 9.17) is 0 Å². The van der Waals surface area contributed by atoms with Crippen molar-refractivity contribution in [3.05, 3.63) is 29.3 Å². The average Bonchev–Trinajstić information content (AvgIpc) is 2.80. The predicted molar refractivity (Wildman–Crippen MR) is 55.2 cm³/mol. The van der Waals surface area contributed by atoms with Crippen LogP contribution in [0.5, 0.6) is 5.75 Å². The lowest BCUT2D eigenvalue weighted by atomic mass is 10.1. The fraction of sp³-hybridized carbons (Fsp3) is 0.111. The molecule has 7 nitrogen and oxygen atoms in total. The maximum atomic E-state index is 12.4. The summed E-state index contributed by atoms with van der Waals surface area (Å²) in [7, 11) is 0. The molecule has 0 fully saturated rings. The van der Waals surface area contributed by atoms with Gasteiger partial charge in [0.05, 0.1) is 11.1 Å². The van der Waals surface area contributed by atoms with Crippen LogP contribution in [0, 0.1) is 0 Å². The molecule has 100 valence electrons. The monoisotopic (exact) mass is 273 g/mol. The Hall–Kier alpha value is -2.65. The molecule has 2 aromatic rings. The molecule has 0 aliphatic carbocycles. The van der Waals surface area contributed by atoms with Gasteiger partial charge in [-0.1, -0.05) is 5.10 Å². The standard InChI is InChI=1S/C9H6F3N5O2/c10-9(11,12)4-1-2-5(6(18)3-4)7(19)13-8-14-16-17-15-8/h1-3,18H,(H2,13,14,15,16,17,19). The van der Waals surface area contributed by atoms with Crippen molar-refractivity contribution in [2.24, 2.45) is 0 Å². The molecule has 0 saturated heterocycles. The van der Waals surface area contributed by atoms with Gasteiger partial charge in [-0.25, -0.2) is 0 Å². The van der Waals surface area contributed by atoms with Crippen molar-refractivity contribution < 1.29 is 23.1 Å². The van der Waals surface area contributed by atoms with E-state index in [1.54, 1.807) is 0 Å². The fourth-order valence-corrected chi connectivity index (χ4v) is 1.28. The molecule has 0 aliphatic rings. The topological polar surface area (TPSA) is 104 Å². The van der Waals surface area contributed by atoms with Crippen LogP contribution in [0.25, 0.3) is 0 Å². The van der Waals surface area contributed by atoms with E-state index in [0.717, 1.165) is 6.07 Å². The van der Waals surface area contributed by atoms with Crippen LogP contribution in [0.2, 0.25) is 0 Å². The number of aromatic hydroxyl groups is 1.